The smallest absolute Gasteiger partial charge is 0.261 e. The summed E-state index contributed by atoms with van der Waals surface area (Å²) in [7, 11) is -3.55. The van der Waals surface area contributed by atoms with Crippen LogP contribution < -0.4 is 4.90 Å². The highest BCUT2D eigenvalue weighted by Crippen LogP contribution is 2.32. The molecule has 1 amide bonds. The highest BCUT2D eigenvalue weighted by Gasteiger charge is 2.26. The number of fused-ring (bicyclic) bond motifs is 1. The number of amides is 1. The molecule has 2 aromatic carbocycles. The maximum Gasteiger partial charge on any atom is 0.261 e. The molecule has 32 heavy (non-hydrogen) atoms. The topological polar surface area (TPSA) is 70.6 Å². The van der Waals surface area contributed by atoms with Crippen molar-refractivity contribution in [3.8, 4) is 0 Å². The number of halogens is 1. The minimum Gasteiger partial charge on any atom is -0.302 e. The highest BCUT2D eigenvalue weighted by molar-refractivity contribution is 7.90. The van der Waals surface area contributed by atoms with E-state index in [-0.39, 0.29) is 28.8 Å². The standard InChI is InChI=1S/C23H29N3O3S2.ClH/c1-5-17-11-10-13-19-21(17)24-23(30-19)26(16-15-25(6-2)7-3)22(27)18-12-8-9-14-20(18)31(4,28)29;/h8-14H,5-7,15-16H2,1-4H3;1H. The molecule has 9 heteroatoms. The van der Waals surface area contributed by atoms with Crippen LogP contribution in [-0.2, 0) is 16.3 Å². The molecule has 0 aliphatic rings. The van der Waals surface area contributed by atoms with Crippen LogP contribution in [0.3, 0.4) is 0 Å². The quantitative estimate of drug-likeness (QED) is 0.431. The Hall–Kier alpha value is -2.00. The molecule has 0 spiro atoms. The van der Waals surface area contributed by atoms with Crippen LogP contribution in [-0.4, -0.2) is 56.6 Å². The van der Waals surface area contributed by atoms with E-state index in [1.54, 1.807) is 23.1 Å². The zero-order valence-corrected chi connectivity index (χ0v) is 21.3. The Kier molecular flexibility index (Phi) is 9.21. The van der Waals surface area contributed by atoms with E-state index in [4.69, 9.17) is 4.98 Å². The van der Waals surface area contributed by atoms with Crippen LogP contribution in [0.4, 0.5) is 5.13 Å². The summed E-state index contributed by atoms with van der Waals surface area (Å²) in [6.07, 6.45) is 1.98. The molecule has 0 aliphatic carbocycles. The van der Waals surface area contributed by atoms with Crippen LogP contribution in [0.25, 0.3) is 10.2 Å². The zero-order chi connectivity index (χ0) is 22.6. The van der Waals surface area contributed by atoms with Gasteiger partial charge in [-0.2, -0.15) is 0 Å². The third-order valence-electron chi connectivity index (χ3n) is 5.40. The average Bonchev–Trinajstić information content (AvgIpc) is 3.19. The number of anilines is 1. The minimum absolute atomic E-state index is 0. The highest BCUT2D eigenvalue weighted by atomic mass is 35.5. The number of carbonyl (C=O) groups excluding carboxylic acids is 1. The van der Waals surface area contributed by atoms with Gasteiger partial charge in [-0.05, 0) is 43.3 Å². The van der Waals surface area contributed by atoms with E-state index in [2.05, 4.69) is 25.7 Å². The van der Waals surface area contributed by atoms with Gasteiger partial charge >= 0.3 is 0 Å². The Morgan fingerprint density at radius 2 is 1.69 bits per heavy atom. The number of rotatable bonds is 9. The molecule has 0 saturated heterocycles. The Morgan fingerprint density at radius 3 is 2.31 bits per heavy atom. The largest absolute Gasteiger partial charge is 0.302 e. The van der Waals surface area contributed by atoms with Crippen molar-refractivity contribution in [2.24, 2.45) is 0 Å². The van der Waals surface area contributed by atoms with Gasteiger partial charge in [0.05, 0.1) is 20.7 Å². The van der Waals surface area contributed by atoms with Gasteiger partial charge in [0.15, 0.2) is 15.0 Å². The molecule has 0 fully saturated rings. The summed E-state index contributed by atoms with van der Waals surface area (Å²) in [6, 6.07) is 12.5. The first-order valence-corrected chi connectivity index (χ1v) is 13.2. The monoisotopic (exact) mass is 495 g/mol. The van der Waals surface area contributed by atoms with E-state index < -0.39 is 9.84 Å². The number of thiazole rings is 1. The maximum atomic E-state index is 13.6. The van der Waals surface area contributed by atoms with Gasteiger partial charge in [0.25, 0.3) is 5.91 Å². The van der Waals surface area contributed by atoms with E-state index in [0.29, 0.717) is 18.2 Å². The molecule has 0 unspecified atom stereocenters. The maximum absolute atomic E-state index is 13.6. The van der Waals surface area contributed by atoms with Gasteiger partial charge in [-0.1, -0.05) is 56.4 Å². The summed E-state index contributed by atoms with van der Waals surface area (Å²) >= 11 is 1.46. The van der Waals surface area contributed by atoms with Gasteiger partial charge in [0, 0.05) is 19.3 Å². The van der Waals surface area contributed by atoms with Gasteiger partial charge in [-0.15, -0.1) is 12.4 Å². The van der Waals surface area contributed by atoms with Crippen molar-refractivity contribution in [2.75, 3.05) is 37.3 Å². The van der Waals surface area contributed by atoms with Crippen LogP contribution in [0.5, 0.6) is 0 Å². The summed E-state index contributed by atoms with van der Waals surface area (Å²) in [5, 5.41) is 0.594. The van der Waals surface area contributed by atoms with E-state index in [0.717, 1.165) is 41.5 Å². The molecule has 0 aliphatic heterocycles. The second-order valence-corrected chi connectivity index (χ2v) is 10.4. The second-order valence-electron chi connectivity index (χ2n) is 7.37. The van der Waals surface area contributed by atoms with Crippen molar-refractivity contribution in [3.05, 3.63) is 53.6 Å². The predicted octanol–water partition coefficient (Wildman–Crippen LogP) is 4.67. The van der Waals surface area contributed by atoms with Crippen molar-refractivity contribution >= 4 is 54.8 Å². The number of para-hydroxylation sites is 1. The first kappa shape index (κ1) is 26.3. The number of hydrogen-bond acceptors (Lipinski definition) is 6. The summed E-state index contributed by atoms with van der Waals surface area (Å²) in [6.45, 7) is 9.10. The van der Waals surface area contributed by atoms with Gasteiger partial charge in [-0.25, -0.2) is 13.4 Å². The molecule has 3 aromatic rings. The molecular weight excluding hydrogens is 466 g/mol. The third-order valence-corrected chi connectivity index (χ3v) is 7.60. The lowest BCUT2D eigenvalue weighted by Gasteiger charge is -2.25. The SMILES string of the molecule is CCc1cccc2sc(N(CCN(CC)CC)C(=O)c3ccccc3S(C)(=O)=O)nc12.Cl. The lowest BCUT2D eigenvalue weighted by molar-refractivity contribution is 0.0980. The fourth-order valence-corrected chi connectivity index (χ4v) is 5.49. The van der Waals surface area contributed by atoms with Crippen molar-refractivity contribution in [2.45, 2.75) is 32.1 Å². The van der Waals surface area contributed by atoms with E-state index in [1.165, 1.54) is 17.4 Å². The predicted molar refractivity (Wildman–Crippen MR) is 135 cm³/mol. The first-order valence-electron chi connectivity index (χ1n) is 10.5. The van der Waals surface area contributed by atoms with E-state index in [9.17, 15) is 13.2 Å². The normalized spacial score (nSPS) is 11.5. The Morgan fingerprint density at radius 1 is 1.00 bits per heavy atom. The average molecular weight is 496 g/mol. The number of aromatic nitrogens is 1. The van der Waals surface area contributed by atoms with Crippen LogP contribution in [0.1, 0.15) is 36.7 Å². The lowest BCUT2D eigenvalue weighted by atomic mass is 10.1. The molecule has 3 rings (SSSR count). The van der Waals surface area contributed by atoms with Crippen molar-refractivity contribution < 1.29 is 13.2 Å². The van der Waals surface area contributed by atoms with Crippen LogP contribution in [0.2, 0.25) is 0 Å². The van der Waals surface area contributed by atoms with Gasteiger partial charge < -0.3 is 4.90 Å². The Balaban J connectivity index is 0.00000363. The second kappa shape index (κ2) is 11.2. The zero-order valence-electron chi connectivity index (χ0n) is 18.9. The molecule has 0 radical (unpaired) electrons. The number of sulfone groups is 1. The summed E-state index contributed by atoms with van der Waals surface area (Å²) < 4.78 is 25.6. The van der Waals surface area contributed by atoms with Crippen molar-refractivity contribution in [3.63, 3.8) is 0 Å². The third kappa shape index (κ3) is 5.67. The fraction of sp³-hybridized carbons (Fsp3) is 0.391. The molecule has 0 saturated carbocycles. The minimum atomic E-state index is -3.55. The molecule has 0 N–H and O–H groups in total. The van der Waals surface area contributed by atoms with Crippen LogP contribution in [0.15, 0.2) is 47.4 Å². The Labute approximate surface area is 200 Å². The first-order chi connectivity index (χ1) is 14.8. The summed E-state index contributed by atoms with van der Waals surface area (Å²) in [4.78, 5) is 22.4. The van der Waals surface area contributed by atoms with Crippen molar-refractivity contribution in [1.29, 1.82) is 0 Å². The van der Waals surface area contributed by atoms with Gasteiger partial charge in [0.1, 0.15) is 0 Å². The number of nitrogens with zero attached hydrogens (tertiary/aromatic N) is 3. The molecular formula is C23H30ClN3O3S2. The molecule has 174 valence electrons. The molecule has 1 aromatic heterocycles. The number of aryl methyl sites for hydroxylation is 1. The number of carbonyl (C=O) groups is 1. The number of likely N-dealkylation sites (N-methyl/N-ethyl adjacent to an activating group) is 1. The van der Waals surface area contributed by atoms with Crippen LogP contribution in [0, 0.1) is 0 Å². The molecule has 0 atom stereocenters. The molecule has 1 heterocycles. The lowest BCUT2D eigenvalue weighted by Crippen LogP contribution is -2.39. The van der Waals surface area contributed by atoms with Crippen LogP contribution >= 0.6 is 23.7 Å². The van der Waals surface area contributed by atoms with Gasteiger partial charge in [0.2, 0.25) is 0 Å². The van der Waals surface area contributed by atoms with Crippen molar-refractivity contribution in [1.82, 2.24) is 9.88 Å². The van der Waals surface area contributed by atoms with Gasteiger partial charge in [-0.3, -0.25) is 9.69 Å². The van der Waals surface area contributed by atoms with E-state index in [1.807, 2.05) is 18.2 Å². The fourth-order valence-electron chi connectivity index (χ4n) is 3.57. The molecule has 0 bridgehead atoms. The number of benzene rings is 2. The molecule has 6 nitrogen and oxygen atoms in total. The summed E-state index contributed by atoms with van der Waals surface area (Å²) in [5.41, 5.74) is 2.22. The number of hydrogen-bond donors (Lipinski definition) is 0. The summed E-state index contributed by atoms with van der Waals surface area (Å²) in [5.74, 6) is -0.342. The Bertz CT molecular complexity index is 1170. The van der Waals surface area contributed by atoms with E-state index >= 15 is 0 Å².